The largest absolute Gasteiger partial charge is 0.446 e. The number of anilines is 1. The quantitative estimate of drug-likeness (QED) is 0.557. The maximum atomic E-state index is 13.5. The monoisotopic (exact) mass is 466 g/mol. The lowest BCUT2D eigenvalue weighted by Gasteiger charge is -2.43. The molecule has 0 bridgehead atoms. The van der Waals surface area contributed by atoms with Crippen LogP contribution in [-0.4, -0.2) is 65.2 Å². The molecular formula is C26H31FN4O3. The Bertz CT molecular complexity index is 1120. The van der Waals surface area contributed by atoms with E-state index in [2.05, 4.69) is 34.1 Å². The number of rotatable bonds is 4. The fourth-order valence-corrected chi connectivity index (χ4v) is 5.09. The molecule has 7 nitrogen and oxygen atoms in total. The molecule has 180 valence electrons. The van der Waals surface area contributed by atoms with Gasteiger partial charge in [-0.3, -0.25) is 9.80 Å². The van der Waals surface area contributed by atoms with Gasteiger partial charge in [-0.25, -0.2) is 9.18 Å². The molecule has 1 aromatic heterocycles. The lowest BCUT2D eigenvalue weighted by molar-refractivity contribution is 0.00976. The van der Waals surface area contributed by atoms with Crippen LogP contribution in [0.5, 0.6) is 0 Å². The second kappa shape index (κ2) is 9.62. The molecule has 2 aliphatic heterocycles. The molecule has 0 N–H and O–H groups in total. The van der Waals surface area contributed by atoms with Gasteiger partial charge in [0.25, 0.3) is 6.01 Å². The van der Waals surface area contributed by atoms with Crippen molar-refractivity contribution in [3.8, 4) is 0 Å². The molecule has 1 amide bonds. The second-order valence-electron chi connectivity index (χ2n) is 9.46. The lowest BCUT2D eigenvalue weighted by atomic mass is 10.1. The van der Waals surface area contributed by atoms with Crippen molar-refractivity contribution >= 4 is 23.2 Å². The number of hydrogen-bond acceptors (Lipinski definition) is 6. The van der Waals surface area contributed by atoms with E-state index in [0.29, 0.717) is 30.2 Å². The van der Waals surface area contributed by atoms with Crippen molar-refractivity contribution in [3.05, 3.63) is 59.9 Å². The lowest BCUT2D eigenvalue weighted by Crippen LogP contribution is -2.59. The van der Waals surface area contributed by atoms with Crippen molar-refractivity contribution in [1.82, 2.24) is 14.8 Å². The fraction of sp³-hybridized carbons (Fsp3) is 0.462. The van der Waals surface area contributed by atoms with E-state index in [0.717, 1.165) is 32.5 Å². The van der Waals surface area contributed by atoms with Gasteiger partial charge in [0.2, 0.25) is 0 Å². The topological polar surface area (TPSA) is 62.1 Å². The van der Waals surface area contributed by atoms with E-state index in [4.69, 9.17) is 9.15 Å². The Kier molecular flexibility index (Phi) is 6.41. The second-order valence-corrected chi connectivity index (χ2v) is 9.46. The van der Waals surface area contributed by atoms with Crippen LogP contribution in [0.4, 0.5) is 15.2 Å². The zero-order chi connectivity index (χ0) is 23.7. The Hall–Kier alpha value is -3.13. The number of amides is 1. The summed E-state index contributed by atoms with van der Waals surface area (Å²) in [6, 6.07) is 15.1. The molecule has 5 rings (SSSR count). The number of hydrogen-bond donors (Lipinski definition) is 0. The zero-order valence-electron chi connectivity index (χ0n) is 19.7. The van der Waals surface area contributed by atoms with Crippen LogP contribution in [0.2, 0.25) is 0 Å². The summed E-state index contributed by atoms with van der Waals surface area (Å²) in [6.07, 6.45) is 1.39. The minimum Gasteiger partial charge on any atom is -0.446 e. The summed E-state index contributed by atoms with van der Waals surface area (Å²) in [7, 11) is 0. The molecule has 0 radical (unpaired) electrons. The van der Waals surface area contributed by atoms with Gasteiger partial charge in [-0.05, 0) is 44.4 Å². The average molecular weight is 467 g/mol. The Labute approximate surface area is 199 Å². The number of benzene rings is 2. The number of fused-ring (bicyclic) bond motifs is 1. The predicted molar refractivity (Wildman–Crippen MR) is 128 cm³/mol. The molecule has 34 heavy (non-hydrogen) atoms. The summed E-state index contributed by atoms with van der Waals surface area (Å²) in [6.45, 7) is 7.94. The molecule has 0 saturated carbocycles. The molecule has 3 aromatic rings. The molecule has 0 aliphatic carbocycles. The van der Waals surface area contributed by atoms with Crippen LogP contribution in [0, 0.1) is 5.82 Å². The maximum absolute atomic E-state index is 13.5. The number of nitrogens with zero attached hydrogens (tertiary/aromatic N) is 4. The summed E-state index contributed by atoms with van der Waals surface area (Å²) in [5.74, 6) is -0.340. The van der Waals surface area contributed by atoms with Gasteiger partial charge in [0.1, 0.15) is 17.4 Å². The Morgan fingerprint density at radius 3 is 2.50 bits per heavy atom. The molecule has 2 atom stereocenters. The van der Waals surface area contributed by atoms with Gasteiger partial charge in [-0.1, -0.05) is 30.3 Å². The van der Waals surface area contributed by atoms with Crippen LogP contribution >= 0.6 is 0 Å². The number of likely N-dealkylation sites (tertiary alicyclic amines) is 1. The molecule has 8 heteroatoms. The average Bonchev–Trinajstić information content (AvgIpc) is 3.24. The normalized spacial score (nSPS) is 22.3. The zero-order valence-corrected chi connectivity index (χ0v) is 19.7. The number of oxazole rings is 1. The van der Waals surface area contributed by atoms with Gasteiger partial charge < -0.3 is 14.1 Å². The van der Waals surface area contributed by atoms with E-state index in [1.807, 2.05) is 29.7 Å². The maximum Gasteiger partial charge on any atom is 0.410 e. The minimum absolute atomic E-state index is 0.0520. The summed E-state index contributed by atoms with van der Waals surface area (Å²) in [5.41, 5.74) is 2.36. The van der Waals surface area contributed by atoms with Crippen LogP contribution in [0.1, 0.15) is 32.3 Å². The number of carbonyl (C=O) groups excluding carboxylic acids is 1. The first-order valence-electron chi connectivity index (χ1n) is 12.0. The molecule has 2 saturated heterocycles. The van der Waals surface area contributed by atoms with Crippen LogP contribution in [0.3, 0.4) is 0 Å². The molecule has 2 aliphatic rings. The van der Waals surface area contributed by atoms with Crippen molar-refractivity contribution in [2.24, 2.45) is 0 Å². The highest BCUT2D eigenvalue weighted by Crippen LogP contribution is 2.27. The van der Waals surface area contributed by atoms with Crippen LogP contribution in [0.15, 0.2) is 52.9 Å². The van der Waals surface area contributed by atoms with E-state index in [1.165, 1.54) is 17.7 Å². The van der Waals surface area contributed by atoms with Gasteiger partial charge in [0, 0.05) is 38.8 Å². The molecular weight excluding hydrogens is 435 g/mol. The molecule has 3 heterocycles. The number of piperidine rings is 1. The van der Waals surface area contributed by atoms with Gasteiger partial charge >= 0.3 is 6.09 Å². The third kappa shape index (κ3) is 4.87. The van der Waals surface area contributed by atoms with Crippen molar-refractivity contribution < 1.29 is 18.3 Å². The van der Waals surface area contributed by atoms with E-state index < -0.39 is 0 Å². The number of ether oxygens (including phenoxy) is 1. The van der Waals surface area contributed by atoms with E-state index in [9.17, 15) is 9.18 Å². The first-order valence-corrected chi connectivity index (χ1v) is 12.0. The van der Waals surface area contributed by atoms with Crippen molar-refractivity contribution in [2.75, 3.05) is 31.1 Å². The Morgan fingerprint density at radius 1 is 1.09 bits per heavy atom. The summed E-state index contributed by atoms with van der Waals surface area (Å²) in [4.78, 5) is 23.8. The number of aromatic nitrogens is 1. The first kappa shape index (κ1) is 22.7. The minimum atomic E-state index is -0.340. The standard InChI is InChI=1S/C26H31FN4O3/c1-18-15-30(25-28-23-14-21(27)8-9-24(23)34-25)16-19(2)31(18)26(32)33-22-10-12-29(13-11-22)17-20-6-4-3-5-7-20/h3-9,14,18-19,22H,10-13,15-17H2,1-2H3/t18-,19+. The summed E-state index contributed by atoms with van der Waals surface area (Å²) >= 11 is 0. The third-order valence-corrected chi connectivity index (χ3v) is 6.79. The third-order valence-electron chi connectivity index (χ3n) is 6.79. The van der Waals surface area contributed by atoms with Gasteiger partial charge in [0.05, 0.1) is 12.1 Å². The van der Waals surface area contributed by atoms with Gasteiger partial charge in [-0.2, -0.15) is 4.98 Å². The highest BCUT2D eigenvalue weighted by Gasteiger charge is 2.37. The van der Waals surface area contributed by atoms with Crippen LogP contribution < -0.4 is 4.90 Å². The van der Waals surface area contributed by atoms with Crippen molar-refractivity contribution in [3.63, 3.8) is 0 Å². The number of piperazine rings is 1. The Morgan fingerprint density at radius 2 is 1.79 bits per heavy atom. The smallest absolute Gasteiger partial charge is 0.410 e. The van der Waals surface area contributed by atoms with E-state index >= 15 is 0 Å². The number of carbonyl (C=O) groups is 1. The fourth-order valence-electron chi connectivity index (χ4n) is 5.09. The summed E-state index contributed by atoms with van der Waals surface area (Å²) < 4.78 is 25.3. The Balaban J connectivity index is 1.15. The molecule has 0 unspecified atom stereocenters. The summed E-state index contributed by atoms with van der Waals surface area (Å²) in [5, 5.41) is 0. The SMILES string of the molecule is C[C@@H]1CN(c2nc3cc(F)ccc3o2)C[C@H](C)N1C(=O)OC1CCN(Cc2ccccc2)CC1. The van der Waals surface area contributed by atoms with Gasteiger partial charge in [-0.15, -0.1) is 0 Å². The van der Waals surface area contributed by atoms with Gasteiger partial charge in [0.15, 0.2) is 5.58 Å². The van der Waals surface area contributed by atoms with Crippen molar-refractivity contribution in [2.45, 2.75) is 51.4 Å². The molecule has 2 fully saturated rings. The highest BCUT2D eigenvalue weighted by atomic mass is 19.1. The van der Waals surface area contributed by atoms with E-state index in [-0.39, 0.29) is 30.1 Å². The van der Waals surface area contributed by atoms with Crippen molar-refractivity contribution in [1.29, 1.82) is 0 Å². The predicted octanol–water partition coefficient (Wildman–Crippen LogP) is 4.67. The highest BCUT2D eigenvalue weighted by molar-refractivity contribution is 5.74. The first-order chi connectivity index (χ1) is 16.5. The van der Waals surface area contributed by atoms with E-state index in [1.54, 1.807) is 6.07 Å². The molecule has 2 aromatic carbocycles. The van der Waals surface area contributed by atoms with Crippen LogP contribution in [-0.2, 0) is 11.3 Å². The van der Waals surface area contributed by atoms with Crippen LogP contribution in [0.25, 0.3) is 11.1 Å². The molecule has 0 spiro atoms. The number of halogens is 1.